The summed E-state index contributed by atoms with van der Waals surface area (Å²) in [7, 11) is 0. The van der Waals surface area contributed by atoms with Gasteiger partial charge >= 0.3 is 6.09 Å². The average Bonchev–Trinajstić information content (AvgIpc) is 2.88. The van der Waals surface area contributed by atoms with Crippen molar-refractivity contribution in [3.63, 3.8) is 0 Å². The van der Waals surface area contributed by atoms with E-state index in [2.05, 4.69) is 30.4 Å². The van der Waals surface area contributed by atoms with E-state index in [1.54, 1.807) is 4.90 Å². The lowest BCUT2D eigenvalue weighted by Crippen LogP contribution is -2.36. The fourth-order valence-corrected chi connectivity index (χ4v) is 3.23. The van der Waals surface area contributed by atoms with Crippen LogP contribution in [0.1, 0.15) is 34.1 Å². The first-order valence-corrected chi connectivity index (χ1v) is 8.84. The van der Waals surface area contributed by atoms with Crippen molar-refractivity contribution in [1.29, 1.82) is 0 Å². The summed E-state index contributed by atoms with van der Waals surface area (Å²) in [6.07, 6.45) is 0.734. The standard InChI is InChI=1S/C17H26N2O2S/c1-5-22-15-9-7-6-8-14(15)18-13-10-11-19(12-13)16(20)21-17(2,3)4/h6-9,13,18H,5,10-12H2,1-4H3. The highest BCUT2D eigenvalue weighted by Crippen LogP contribution is 2.28. The van der Waals surface area contributed by atoms with Crippen LogP contribution in [0.2, 0.25) is 0 Å². The van der Waals surface area contributed by atoms with E-state index < -0.39 is 5.60 Å². The number of carbonyl (C=O) groups excluding carboxylic acids is 1. The van der Waals surface area contributed by atoms with E-state index in [9.17, 15) is 4.79 Å². The second kappa shape index (κ2) is 7.27. The van der Waals surface area contributed by atoms with Gasteiger partial charge in [-0.3, -0.25) is 0 Å². The minimum absolute atomic E-state index is 0.215. The first-order chi connectivity index (χ1) is 10.4. The van der Waals surface area contributed by atoms with Crippen LogP contribution in [0.3, 0.4) is 0 Å². The van der Waals surface area contributed by atoms with Crippen LogP contribution >= 0.6 is 11.8 Å². The quantitative estimate of drug-likeness (QED) is 0.843. The van der Waals surface area contributed by atoms with Crippen LogP contribution in [0, 0.1) is 0 Å². The summed E-state index contributed by atoms with van der Waals surface area (Å²) < 4.78 is 5.44. The third kappa shape index (κ3) is 4.83. The molecule has 1 aliphatic rings. The lowest BCUT2D eigenvalue weighted by Gasteiger charge is -2.24. The van der Waals surface area contributed by atoms with Gasteiger partial charge in [-0.1, -0.05) is 19.1 Å². The second-order valence-electron chi connectivity index (χ2n) is 6.49. The van der Waals surface area contributed by atoms with Gasteiger partial charge in [-0.05, 0) is 45.1 Å². The number of amides is 1. The maximum Gasteiger partial charge on any atom is 0.410 e. The molecular formula is C17H26N2O2S. The van der Waals surface area contributed by atoms with Crippen molar-refractivity contribution in [3.8, 4) is 0 Å². The van der Waals surface area contributed by atoms with Crippen LogP contribution in [0.5, 0.6) is 0 Å². The Bertz CT molecular complexity index is 514. The van der Waals surface area contributed by atoms with E-state index >= 15 is 0 Å². The van der Waals surface area contributed by atoms with Gasteiger partial charge in [-0.2, -0.15) is 0 Å². The molecule has 1 heterocycles. The van der Waals surface area contributed by atoms with Crippen molar-refractivity contribution in [1.82, 2.24) is 4.90 Å². The number of likely N-dealkylation sites (tertiary alicyclic amines) is 1. The number of ether oxygens (including phenoxy) is 1. The topological polar surface area (TPSA) is 41.6 Å². The molecule has 22 heavy (non-hydrogen) atoms. The second-order valence-corrected chi connectivity index (χ2v) is 7.79. The molecule has 0 aliphatic carbocycles. The van der Waals surface area contributed by atoms with Gasteiger partial charge in [0.1, 0.15) is 5.60 Å². The largest absolute Gasteiger partial charge is 0.444 e. The van der Waals surface area contributed by atoms with Crippen LogP contribution in [-0.2, 0) is 4.74 Å². The molecule has 1 N–H and O–H groups in total. The molecule has 5 heteroatoms. The average molecular weight is 322 g/mol. The number of rotatable bonds is 4. The summed E-state index contributed by atoms with van der Waals surface area (Å²) in [5, 5.41) is 3.57. The Labute approximate surface area is 137 Å². The predicted molar refractivity (Wildman–Crippen MR) is 92.7 cm³/mol. The van der Waals surface area contributed by atoms with Crippen LogP contribution < -0.4 is 5.32 Å². The molecule has 0 spiro atoms. The summed E-state index contributed by atoms with van der Waals surface area (Å²) in [6.45, 7) is 9.29. The number of para-hydroxylation sites is 1. The third-order valence-corrected chi connectivity index (χ3v) is 4.34. The molecule has 1 unspecified atom stereocenters. The first-order valence-electron chi connectivity index (χ1n) is 7.85. The molecule has 0 radical (unpaired) electrons. The lowest BCUT2D eigenvalue weighted by atomic mass is 10.2. The van der Waals surface area contributed by atoms with Gasteiger partial charge in [0.15, 0.2) is 0 Å². The number of anilines is 1. The molecule has 1 aromatic rings. The molecule has 1 fully saturated rings. The van der Waals surface area contributed by atoms with E-state index in [4.69, 9.17) is 4.74 Å². The minimum Gasteiger partial charge on any atom is -0.444 e. The molecule has 0 bridgehead atoms. The van der Waals surface area contributed by atoms with Gasteiger partial charge in [0, 0.05) is 29.7 Å². The maximum absolute atomic E-state index is 12.1. The van der Waals surface area contributed by atoms with Gasteiger partial charge in [-0.25, -0.2) is 4.79 Å². The fraction of sp³-hybridized carbons (Fsp3) is 0.588. The Morgan fingerprint density at radius 3 is 2.82 bits per heavy atom. The molecule has 1 atom stereocenters. The Morgan fingerprint density at radius 1 is 1.41 bits per heavy atom. The zero-order chi connectivity index (χ0) is 16.2. The summed E-state index contributed by atoms with van der Waals surface area (Å²) in [4.78, 5) is 15.2. The van der Waals surface area contributed by atoms with Crippen molar-refractivity contribution >= 4 is 23.5 Å². The number of benzene rings is 1. The zero-order valence-corrected chi connectivity index (χ0v) is 14.7. The highest BCUT2D eigenvalue weighted by molar-refractivity contribution is 7.99. The summed E-state index contributed by atoms with van der Waals surface area (Å²) in [6, 6.07) is 8.63. The Balaban J connectivity index is 1.93. The van der Waals surface area contributed by atoms with Gasteiger partial charge in [0.05, 0.1) is 0 Å². The molecule has 1 amide bonds. The van der Waals surface area contributed by atoms with E-state index in [0.29, 0.717) is 6.54 Å². The first kappa shape index (κ1) is 17.0. The minimum atomic E-state index is -0.438. The van der Waals surface area contributed by atoms with Crippen LogP contribution in [0.15, 0.2) is 29.2 Å². The summed E-state index contributed by atoms with van der Waals surface area (Å²) in [5.74, 6) is 1.05. The third-order valence-electron chi connectivity index (χ3n) is 3.39. The van der Waals surface area contributed by atoms with Gasteiger partial charge < -0.3 is 15.0 Å². The Hall–Kier alpha value is -1.36. The molecule has 0 saturated carbocycles. The molecule has 122 valence electrons. The van der Waals surface area contributed by atoms with E-state index in [-0.39, 0.29) is 12.1 Å². The van der Waals surface area contributed by atoms with Crippen molar-refractivity contribution in [2.24, 2.45) is 0 Å². The molecule has 2 rings (SSSR count). The van der Waals surface area contributed by atoms with Crippen LogP contribution in [-0.4, -0.2) is 41.5 Å². The Morgan fingerprint density at radius 2 is 2.14 bits per heavy atom. The van der Waals surface area contributed by atoms with Crippen LogP contribution in [0.25, 0.3) is 0 Å². The van der Waals surface area contributed by atoms with E-state index in [0.717, 1.165) is 24.4 Å². The molecule has 1 saturated heterocycles. The van der Waals surface area contributed by atoms with E-state index in [1.165, 1.54) is 4.90 Å². The number of hydrogen-bond acceptors (Lipinski definition) is 4. The van der Waals surface area contributed by atoms with Crippen LogP contribution in [0.4, 0.5) is 10.5 Å². The molecule has 1 aliphatic heterocycles. The van der Waals surface area contributed by atoms with Gasteiger partial charge in [-0.15, -0.1) is 11.8 Å². The number of nitrogens with zero attached hydrogens (tertiary/aromatic N) is 1. The van der Waals surface area contributed by atoms with Crippen molar-refractivity contribution in [2.45, 2.75) is 50.7 Å². The van der Waals surface area contributed by atoms with Crippen molar-refractivity contribution in [2.75, 3.05) is 24.2 Å². The van der Waals surface area contributed by atoms with E-state index in [1.807, 2.05) is 38.6 Å². The smallest absolute Gasteiger partial charge is 0.410 e. The monoisotopic (exact) mass is 322 g/mol. The normalized spacial score (nSPS) is 18.4. The van der Waals surface area contributed by atoms with Crippen molar-refractivity contribution in [3.05, 3.63) is 24.3 Å². The zero-order valence-electron chi connectivity index (χ0n) is 13.9. The molecule has 1 aromatic carbocycles. The lowest BCUT2D eigenvalue weighted by molar-refractivity contribution is 0.0293. The number of carbonyl (C=O) groups is 1. The molecule has 4 nitrogen and oxygen atoms in total. The molecule has 0 aromatic heterocycles. The maximum atomic E-state index is 12.1. The van der Waals surface area contributed by atoms with Crippen molar-refractivity contribution < 1.29 is 9.53 Å². The summed E-state index contributed by atoms with van der Waals surface area (Å²) in [5.41, 5.74) is 0.720. The Kier molecular flexibility index (Phi) is 5.62. The number of hydrogen-bond donors (Lipinski definition) is 1. The molecular weight excluding hydrogens is 296 g/mol. The highest BCUT2D eigenvalue weighted by Gasteiger charge is 2.29. The predicted octanol–water partition coefficient (Wildman–Crippen LogP) is 4.22. The SMILES string of the molecule is CCSc1ccccc1NC1CCN(C(=O)OC(C)(C)C)C1. The fourth-order valence-electron chi connectivity index (χ4n) is 2.46. The van der Waals surface area contributed by atoms with Gasteiger partial charge in [0.2, 0.25) is 0 Å². The highest BCUT2D eigenvalue weighted by atomic mass is 32.2. The summed E-state index contributed by atoms with van der Waals surface area (Å²) >= 11 is 1.83. The number of nitrogens with one attached hydrogen (secondary N) is 1. The van der Waals surface area contributed by atoms with Gasteiger partial charge in [0.25, 0.3) is 0 Å². The number of thioether (sulfide) groups is 1.